The summed E-state index contributed by atoms with van der Waals surface area (Å²) >= 11 is 0. The largest absolute Gasteiger partial charge is 0.494 e. The van der Waals surface area contributed by atoms with Crippen LogP contribution in [0.2, 0.25) is 0 Å². The maximum atomic E-state index is 13.7. The highest BCUT2D eigenvalue weighted by molar-refractivity contribution is 6.00. The summed E-state index contributed by atoms with van der Waals surface area (Å²) < 4.78 is 10.1. The molecule has 0 radical (unpaired) electrons. The number of benzene rings is 2. The summed E-state index contributed by atoms with van der Waals surface area (Å²) in [7, 11) is 3.60. The molecule has 0 spiro atoms. The summed E-state index contributed by atoms with van der Waals surface area (Å²) in [5.74, 6) is 2.25. The Balaban J connectivity index is 1.16. The van der Waals surface area contributed by atoms with Crippen LogP contribution in [0.5, 0.6) is 5.75 Å². The van der Waals surface area contributed by atoms with E-state index in [0.717, 1.165) is 71.6 Å². The van der Waals surface area contributed by atoms with E-state index < -0.39 is 11.2 Å². The molecule has 3 atom stereocenters. The molecule has 5 heterocycles. The van der Waals surface area contributed by atoms with E-state index in [1.807, 2.05) is 46.8 Å². The zero-order valence-corrected chi connectivity index (χ0v) is 26.1. The van der Waals surface area contributed by atoms with Crippen LogP contribution in [0.1, 0.15) is 36.0 Å². The summed E-state index contributed by atoms with van der Waals surface area (Å²) in [4.78, 5) is 55.1. The number of fused-ring (bicyclic) bond motifs is 5. The lowest BCUT2D eigenvalue weighted by Gasteiger charge is -2.27. The normalized spacial score (nSPS) is 20.7. The highest BCUT2D eigenvalue weighted by Crippen LogP contribution is 2.40. The first-order valence-corrected chi connectivity index (χ1v) is 16.2. The number of carbonyl (C=O) groups is 1. The number of hydrogen-bond acceptors (Lipinski definition) is 7. The van der Waals surface area contributed by atoms with Gasteiger partial charge in [0.25, 0.3) is 11.5 Å². The lowest BCUT2D eigenvalue weighted by molar-refractivity contribution is 0.0700. The maximum Gasteiger partial charge on any atom is 0.326 e. The number of imidazole rings is 1. The Morgan fingerprint density at radius 3 is 2.62 bits per heavy atom. The van der Waals surface area contributed by atoms with E-state index in [4.69, 9.17) is 20.4 Å². The van der Waals surface area contributed by atoms with Gasteiger partial charge in [-0.3, -0.25) is 14.6 Å². The Kier molecular flexibility index (Phi) is 6.04. The fraction of sp³-hybridized carbons (Fsp3) is 0.343. The Hall–Kier alpha value is -5.23. The zero-order valence-electron chi connectivity index (χ0n) is 26.1. The standard InChI is InChI=1S/C35H34N8O4/c1-41-30-25(12-21(14-28(30)47-2)34(45)43-16-20-7-10-26(43)29(20)36)38-32(41)27-13-19-6-8-23(37-31(19)42(27)15-17-3-4-17)18-5-9-24-22(11-18)33(44)40-35(46)39-24/h5-6,8-9,11-14,17,20,26,29H,3-4,7,10,15-16,36H2,1-2H3,(H2,39,40,44,46)/t20-,26-,29-/m1/s1. The van der Waals surface area contributed by atoms with Crippen LogP contribution in [-0.4, -0.2) is 65.6 Å². The van der Waals surface area contributed by atoms with Crippen LogP contribution in [0.25, 0.3) is 55.7 Å². The first kappa shape index (κ1) is 28.0. The van der Waals surface area contributed by atoms with Crippen molar-refractivity contribution in [3.63, 3.8) is 0 Å². The average molecular weight is 631 g/mol. The molecular weight excluding hydrogens is 596 g/mol. The highest BCUT2D eigenvalue weighted by atomic mass is 16.5. The number of carbonyl (C=O) groups excluding carboxylic acids is 1. The van der Waals surface area contributed by atoms with E-state index in [1.165, 1.54) is 0 Å². The van der Waals surface area contributed by atoms with Crippen molar-refractivity contribution < 1.29 is 9.53 Å². The molecule has 47 heavy (non-hydrogen) atoms. The molecule has 12 heteroatoms. The molecule has 4 aromatic heterocycles. The average Bonchev–Trinajstić information content (AvgIpc) is 3.47. The van der Waals surface area contributed by atoms with Gasteiger partial charge in [0.2, 0.25) is 0 Å². The number of rotatable bonds is 6. The number of pyridine rings is 1. The molecular formula is C35H34N8O4. The minimum absolute atomic E-state index is 0.0262. The number of ether oxygens (including phenoxy) is 1. The third kappa shape index (κ3) is 4.34. The molecule has 2 saturated carbocycles. The monoisotopic (exact) mass is 630 g/mol. The van der Waals surface area contributed by atoms with Gasteiger partial charge in [0, 0.05) is 48.7 Å². The molecule has 2 aromatic carbocycles. The van der Waals surface area contributed by atoms with Gasteiger partial charge in [-0.2, -0.15) is 0 Å². The van der Waals surface area contributed by atoms with E-state index >= 15 is 0 Å². The minimum atomic E-state index is -0.536. The van der Waals surface area contributed by atoms with Crippen LogP contribution >= 0.6 is 0 Å². The summed E-state index contributed by atoms with van der Waals surface area (Å²) in [6, 6.07) is 15.3. The molecule has 12 nitrogen and oxygen atoms in total. The second-order valence-electron chi connectivity index (χ2n) is 13.3. The number of amides is 1. The minimum Gasteiger partial charge on any atom is -0.494 e. The maximum absolute atomic E-state index is 13.7. The second-order valence-corrected chi connectivity index (χ2v) is 13.3. The fourth-order valence-electron chi connectivity index (χ4n) is 7.81. The number of aryl methyl sites for hydroxylation is 1. The Morgan fingerprint density at radius 1 is 1.02 bits per heavy atom. The Labute approximate surface area is 268 Å². The highest BCUT2D eigenvalue weighted by Gasteiger charge is 2.47. The van der Waals surface area contributed by atoms with E-state index in [9.17, 15) is 14.4 Å². The number of piperidine rings is 1. The lowest BCUT2D eigenvalue weighted by atomic mass is 10.1. The molecule has 1 aliphatic heterocycles. The number of nitrogens with one attached hydrogen (secondary N) is 2. The molecule has 0 unspecified atom stereocenters. The van der Waals surface area contributed by atoms with Crippen molar-refractivity contribution >= 4 is 38.9 Å². The molecule has 1 amide bonds. The Morgan fingerprint density at radius 2 is 1.87 bits per heavy atom. The van der Waals surface area contributed by atoms with Crippen LogP contribution in [-0.2, 0) is 13.6 Å². The van der Waals surface area contributed by atoms with E-state index in [0.29, 0.717) is 46.1 Å². The van der Waals surface area contributed by atoms with Crippen molar-refractivity contribution in [2.75, 3.05) is 13.7 Å². The molecule has 2 aliphatic carbocycles. The number of nitrogens with two attached hydrogens (primary N) is 1. The number of methoxy groups -OCH3 is 1. The summed E-state index contributed by atoms with van der Waals surface area (Å²) in [6.45, 7) is 1.50. The van der Waals surface area contributed by atoms with E-state index in [1.54, 1.807) is 19.2 Å². The SMILES string of the molecule is COc1cc(C(=O)N2C[C@H]3CC[C@@H]2[C@@H]3N)cc2nc(-c3cc4ccc(-c5ccc6[nH]c(=O)[nH]c(=O)c6c5)nc4n3CC3CC3)n(C)c12. The number of H-pyrrole nitrogens is 2. The van der Waals surface area contributed by atoms with Gasteiger partial charge in [0.15, 0.2) is 5.82 Å². The molecule has 4 N–H and O–H groups in total. The third-order valence-corrected chi connectivity index (χ3v) is 10.5. The number of aromatic amines is 2. The molecule has 238 valence electrons. The van der Waals surface area contributed by atoms with Gasteiger partial charge in [0.1, 0.15) is 16.9 Å². The fourth-order valence-corrected chi connectivity index (χ4v) is 7.81. The number of hydrogen-bond donors (Lipinski definition) is 3. The first-order chi connectivity index (χ1) is 22.8. The van der Waals surface area contributed by atoms with Gasteiger partial charge < -0.3 is 29.5 Å². The van der Waals surface area contributed by atoms with Gasteiger partial charge in [-0.05, 0) is 80.0 Å². The summed E-state index contributed by atoms with van der Waals surface area (Å²) in [5, 5.41) is 1.37. The van der Waals surface area contributed by atoms with Crippen LogP contribution < -0.4 is 21.7 Å². The van der Waals surface area contributed by atoms with Crippen molar-refractivity contribution in [3.05, 3.63) is 74.9 Å². The van der Waals surface area contributed by atoms with Crippen LogP contribution in [0.4, 0.5) is 0 Å². The van der Waals surface area contributed by atoms with Crippen molar-refractivity contribution in [2.24, 2.45) is 24.6 Å². The zero-order chi connectivity index (χ0) is 32.1. The summed E-state index contributed by atoms with van der Waals surface area (Å²) in [6.07, 6.45) is 4.35. The van der Waals surface area contributed by atoms with Gasteiger partial charge in [-0.1, -0.05) is 6.07 Å². The number of aromatic nitrogens is 6. The third-order valence-electron chi connectivity index (χ3n) is 10.5. The van der Waals surface area contributed by atoms with Gasteiger partial charge >= 0.3 is 5.69 Å². The predicted octanol–water partition coefficient (Wildman–Crippen LogP) is 3.77. The molecule has 1 saturated heterocycles. The van der Waals surface area contributed by atoms with Crippen LogP contribution in [0.15, 0.2) is 58.1 Å². The first-order valence-electron chi connectivity index (χ1n) is 16.2. The van der Waals surface area contributed by atoms with E-state index in [2.05, 4.69) is 20.6 Å². The topological polar surface area (TPSA) is 157 Å². The predicted molar refractivity (Wildman–Crippen MR) is 178 cm³/mol. The van der Waals surface area contributed by atoms with Gasteiger partial charge in [-0.25, -0.2) is 14.8 Å². The Bertz CT molecular complexity index is 2400. The van der Waals surface area contributed by atoms with Crippen molar-refractivity contribution in [1.82, 2.24) is 34.0 Å². The molecule has 3 fully saturated rings. The smallest absolute Gasteiger partial charge is 0.326 e. The quantitative estimate of drug-likeness (QED) is 0.253. The lowest BCUT2D eigenvalue weighted by Crippen LogP contribution is -2.41. The molecule has 2 bridgehead atoms. The van der Waals surface area contributed by atoms with Gasteiger partial charge in [-0.15, -0.1) is 0 Å². The van der Waals surface area contributed by atoms with Crippen LogP contribution in [0.3, 0.4) is 0 Å². The molecule has 3 aliphatic rings. The van der Waals surface area contributed by atoms with E-state index in [-0.39, 0.29) is 18.0 Å². The van der Waals surface area contributed by atoms with Gasteiger partial charge in [0.05, 0.1) is 34.9 Å². The second kappa shape index (κ2) is 10.1. The van der Waals surface area contributed by atoms with Crippen LogP contribution in [0, 0.1) is 11.8 Å². The summed E-state index contributed by atoms with van der Waals surface area (Å²) in [5.41, 5.74) is 11.2. The number of nitrogens with zero attached hydrogens (tertiary/aromatic N) is 5. The molecule has 6 aromatic rings. The number of likely N-dealkylation sites (tertiary alicyclic amines) is 1. The van der Waals surface area contributed by atoms with Crippen molar-refractivity contribution in [1.29, 1.82) is 0 Å². The van der Waals surface area contributed by atoms with Crippen molar-refractivity contribution in [2.45, 2.75) is 44.3 Å². The van der Waals surface area contributed by atoms with Crippen molar-refractivity contribution in [3.8, 4) is 28.5 Å². The molecule has 9 rings (SSSR count).